The van der Waals surface area contributed by atoms with E-state index < -0.39 is 23.4 Å². The summed E-state index contributed by atoms with van der Waals surface area (Å²) in [4.78, 5) is 12.1. The fourth-order valence-corrected chi connectivity index (χ4v) is 3.70. The molecule has 0 radical (unpaired) electrons. The zero-order chi connectivity index (χ0) is 21.4. The van der Waals surface area contributed by atoms with E-state index >= 15 is 0 Å². The Bertz CT molecular complexity index is 889. The van der Waals surface area contributed by atoms with Gasteiger partial charge in [-0.3, -0.25) is 4.40 Å². The highest BCUT2D eigenvalue weighted by Gasteiger charge is 2.39. The number of nitrogens with one attached hydrogen (secondary N) is 1. The molecule has 2 aromatic heterocycles. The van der Waals surface area contributed by atoms with Crippen LogP contribution in [-0.2, 0) is 10.9 Å². The Hall–Kier alpha value is -2.52. The van der Waals surface area contributed by atoms with Gasteiger partial charge >= 0.3 is 12.3 Å². The molecule has 29 heavy (non-hydrogen) atoms. The van der Waals surface area contributed by atoms with Gasteiger partial charge in [-0.15, -0.1) is 10.2 Å². The molecule has 0 unspecified atom stereocenters. The van der Waals surface area contributed by atoms with Crippen LogP contribution in [0.25, 0.3) is 5.65 Å². The summed E-state index contributed by atoms with van der Waals surface area (Å²) in [6.45, 7) is 5.35. The van der Waals surface area contributed by atoms with Crippen molar-refractivity contribution in [2.45, 2.75) is 70.2 Å². The van der Waals surface area contributed by atoms with Crippen LogP contribution in [0.5, 0.6) is 5.75 Å². The van der Waals surface area contributed by atoms with Crippen molar-refractivity contribution in [3.63, 3.8) is 0 Å². The first kappa shape index (κ1) is 21.2. The number of alkyl carbamates (subject to hydrolysis) is 1. The first-order chi connectivity index (χ1) is 13.5. The Morgan fingerprint density at radius 1 is 1.24 bits per heavy atom. The van der Waals surface area contributed by atoms with Crippen LogP contribution in [-0.4, -0.2) is 39.4 Å². The minimum Gasteiger partial charge on any atom is -0.496 e. The number of hydrogen-bond acceptors (Lipinski definition) is 5. The van der Waals surface area contributed by atoms with Gasteiger partial charge in [0, 0.05) is 18.2 Å². The standard InChI is InChI=1S/C19H25F3N4O3/c1-18(2,3)29-17(27)23-12-7-5-6-11(10-12)15-24-25-16-14(19(20,21)22)13(28-4)8-9-26(15)16/h8-9,11-12H,5-7,10H2,1-4H3,(H,23,27)/t11-,12+/m0/s1. The van der Waals surface area contributed by atoms with Crippen LogP contribution in [0.3, 0.4) is 0 Å². The first-order valence-corrected chi connectivity index (χ1v) is 9.48. The van der Waals surface area contributed by atoms with Gasteiger partial charge in [0.25, 0.3) is 0 Å². The third-order valence-electron chi connectivity index (χ3n) is 4.83. The van der Waals surface area contributed by atoms with Gasteiger partial charge in [-0.25, -0.2) is 4.79 Å². The molecule has 0 aromatic carbocycles. The number of amides is 1. The van der Waals surface area contributed by atoms with Crippen LogP contribution in [0.2, 0.25) is 0 Å². The molecule has 1 aliphatic rings. The number of aromatic nitrogens is 3. The fourth-order valence-electron chi connectivity index (χ4n) is 3.70. The molecule has 1 fully saturated rings. The van der Waals surface area contributed by atoms with E-state index in [1.807, 2.05) is 0 Å². The van der Waals surface area contributed by atoms with Crippen molar-refractivity contribution in [3.05, 3.63) is 23.7 Å². The molecule has 2 atom stereocenters. The van der Waals surface area contributed by atoms with Crippen molar-refractivity contribution >= 4 is 11.7 Å². The normalized spacial score (nSPS) is 20.5. The second kappa shape index (κ2) is 7.72. The zero-order valence-electron chi connectivity index (χ0n) is 16.8. The van der Waals surface area contributed by atoms with Crippen LogP contribution >= 0.6 is 0 Å². The molecule has 1 N–H and O–H groups in total. The van der Waals surface area contributed by atoms with Gasteiger partial charge in [0.1, 0.15) is 22.7 Å². The molecule has 1 saturated carbocycles. The van der Waals surface area contributed by atoms with Crippen LogP contribution in [0.1, 0.15) is 63.8 Å². The van der Waals surface area contributed by atoms with Gasteiger partial charge in [0.2, 0.25) is 0 Å². The highest BCUT2D eigenvalue weighted by atomic mass is 19.4. The second-order valence-corrected chi connectivity index (χ2v) is 8.22. The van der Waals surface area contributed by atoms with E-state index in [2.05, 4.69) is 15.5 Å². The summed E-state index contributed by atoms with van der Waals surface area (Å²) in [7, 11) is 1.19. The van der Waals surface area contributed by atoms with Gasteiger partial charge in [-0.05, 0) is 46.1 Å². The number of methoxy groups -OCH3 is 1. The van der Waals surface area contributed by atoms with E-state index in [1.165, 1.54) is 23.8 Å². The maximum atomic E-state index is 13.5. The third kappa shape index (κ3) is 4.73. The molecular weight excluding hydrogens is 389 g/mol. The van der Waals surface area contributed by atoms with Crippen molar-refractivity contribution in [1.29, 1.82) is 0 Å². The lowest BCUT2D eigenvalue weighted by molar-refractivity contribution is -0.137. The van der Waals surface area contributed by atoms with E-state index in [0.717, 1.165) is 19.3 Å². The average Bonchev–Trinajstić information content (AvgIpc) is 3.02. The van der Waals surface area contributed by atoms with Crippen molar-refractivity contribution in [1.82, 2.24) is 19.9 Å². The molecule has 1 amide bonds. The predicted octanol–water partition coefficient (Wildman–Crippen LogP) is 4.31. The third-order valence-corrected chi connectivity index (χ3v) is 4.83. The first-order valence-electron chi connectivity index (χ1n) is 9.48. The smallest absolute Gasteiger partial charge is 0.423 e. The van der Waals surface area contributed by atoms with Crippen molar-refractivity contribution in [3.8, 4) is 5.75 Å². The number of carbonyl (C=O) groups excluding carboxylic acids is 1. The number of ether oxygens (including phenoxy) is 2. The quantitative estimate of drug-likeness (QED) is 0.810. The number of pyridine rings is 1. The van der Waals surface area contributed by atoms with Crippen LogP contribution < -0.4 is 10.1 Å². The highest BCUT2D eigenvalue weighted by Crippen LogP contribution is 2.40. The molecule has 160 valence electrons. The minimum absolute atomic E-state index is 0.131. The van der Waals surface area contributed by atoms with Crippen LogP contribution in [0, 0.1) is 0 Å². The monoisotopic (exact) mass is 414 g/mol. The van der Waals surface area contributed by atoms with E-state index in [0.29, 0.717) is 12.2 Å². The summed E-state index contributed by atoms with van der Waals surface area (Å²) in [5.41, 5.74) is -1.83. The molecule has 2 aromatic rings. The molecule has 1 aliphatic carbocycles. The number of fused-ring (bicyclic) bond motifs is 1. The zero-order valence-corrected chi connectivity index (χ0v) is 16.8. The predicted molar refractivity (Wildman–Crippen MR) is 98.9 cm³/mol. The number of halogens is 3. The fraction of sp³-hybridized carbons (Fsp3) is 0.632. The Morgan fingerprint density at radius 3 is 2.59 bits per heavy atom. The Morgan fingerprint density at radius 2 is 1.97 bits per heavy atom. The maximum absolute atomic E-state index is 13.5. The summed E-state index contributed by atoms with van der Waals surface area (Å²) in [5, 5.41) is 10.7. The molecule has 0 bridgehead atoms. The molecule has 0 spiro atoms. The number of carbonyl (C=O) groups is 1. The molecule has 3 rings (SSSR count). The highest BCUT2D eigenvalue weighted by molar-refractivity contribution is 5.68. The van der Waals surface area contributed by atoms with Crippen molar-refractivity contribution in [2.75, 3.05) is 7.11 Å². The van der Waals surface area contributed by atoms with E-state index in [1.54, 1.807) is 20.8 Å². The van der Waals surface area contributed by atoms with Crippen molar-refractivity contribution in [2.24, 2.45) is 0 Å². The van der Waals surface area contributed by atoms with E-state index in [9.17, 15) is 18.0 Å². The Labute approximate surface area is 166 Å². The Balaban J connectivity index is 1.84. The largest absolute Gasteiger partial charge is 0.496 e. The van der Waals surface area contributed by atoms with E-state index in [-0.39, 0.29) is 23.4 Å². The lowest BCUT2D eigenvalue weighted by Crippen LogP contribution is -2.41. The lowest BCUT2D eigenvalue weighted by Gasteiger charge is -2.30. The molecule has 2 heterocycles. The van der Waals surface area contributed by atoms with Gasteiger partial charge < -0.3 is 14.8 Å². The number of alkyl halides is 3. The Kier molecular flexibility index (Phi) is 5.64. The molecule has 0 saturated heterocycles. The summed E-state index contributed by atoms with van der Waals surface area (Å²) in [6, 6.07) is 1.12. The minimum atomic E-state index is -4.62. The van der Waals surface area contributed by atoms with Crippen LogP contribution in [0.15, 0.2) is 12.3 Å². The molecule has 0 aliphatic heterocycles. The van der Waals surface area contributed by atoms with Gasteiger partial charge in [-0.2, -0.15) is 13.2 Å². The molecule has 10 heteroatoms. The lowest BCUT2D eigenvalue weighted by atomic mass is 9.85. The summed E-state index contributed by atoms with van der Waals surface area (Å²) >= 11 is 0. The summed E-state index contributed by atoms with van der Waals surface area (Å²) in [5.74, 6) is 0.0223. The molecule has 7 nitrogen and oxygen atoms in total. The number of hydrogen-bond donors (Lipinski definition) is 1. The van der Waals surface area contributed by atoms with Gasteiger partial charge in [0.05, 0.1) is 7.11 Å². The average molecular weight is 414 g/mol. The van der Waals surface area contributed by atoms with Crippen molar-refractivity contribution < 1.29 is 27.4 Å². The SMILES string of the molecule is COc1ccn2c([C@H]3CCC[C@@H](NC(=O)OC(C)(C)C)C3)nnc2c1C(F)(F)F. The summed E-state index contributed by atoms with van der Waals surface area (Å²) in [6.07, 6.45) is -0.752. The topological polar surface area (TPSA) is 77.8 Å². The van der Waals surface area contributed by atoms with Gasteiger partial charge in [0.15, 0.2) is 5.65 Å². The second-order valence-electron chi connectivity index (χ2n) is 8.22. The van der Waals surface area contributed by atoms with Crippen LogP contribution in [0.4, 0.5) is 18.0 Å². The van der Waals surface area contributed by atoms with Gasteiger partial charge in [-0.1, -0.05) is 6.42 Å². The van der Waals surface area contributed by atoms with E-state index in [4.69, 9.17) is 9.47 Å². The summed E-state index contributed by atoms with van der Waals surface area (Å²) < 4.78 is 52.1. The number of nitrogens with zero attached hydrogens (tertiary/aromatic N) is 3. The number of rotatable bonds is 3. The maximum Gasteiger partial charge on any atom is 0.423 e. The molecular formula is C19H25F3N4O3.